The van der Waals surface area contributed by atoms with Crippen molar-refractivity contribution >= 4 is 23.5 Å². The van der Waals surface area contributed by atoms with Gasteiger partial charge in [-0.1, -0.05) is 25.4 Å². The molecule has 0 radical (unpaired) electrons. The minimum absolute atomic E-state index is 0.0254. The number of carboxylic acid groups (broad SMARTS) is 1. The highest BCUT2D eigenvalue weighted by molar-refractivity contribution is 6.29. The SMILES string of the molecule is CCc1cc(C(=O)NCC(C)CC(=O)O)cc(Cl)n1. The first-order chi connectivity index (χ1) is 8.92. The van der Waals surface area contributed by atoms with E-state index in [0.29, 0.717) is 18.5 Å². The van der Waals surface area contributed by atoms with Crippen molar-refractivity contribution in [1.82, 2.24) is 10.3 Å². The fourth-order valence-corrected chi connectivity index (χ4v) is 1.83. The number of aryl methyl sites for hydroxylation is 1. The van der Waals surface area contributed by atoms with Crippen molar-refractivity contribution in [3.63, 3.8) is 0 Å². The van der Waals surface area contributed by atoms with Crippen molar-refractivity contribution in [2.45, 2.75) is 26.7 Å². The maximum absolute atomic E-state index is 11.9. The Balaban J connectivity index is 2.63. The van der Waals surface area contributed by atoms with Gasteiger partial charge in [-0.15, -0.1) is 0 Å². The molecule has 0 aliphatic carbocycles. The zero-order valence-electron chi connectivity index (χ0n) is 10.9. The number of aromatic nitrogens is 1. The number of pyridine rings is 1. The number of hydrogen-bond donors (Lipinski definition) is 2. The molecule has 1 amide bonds. The lowest BCUT2D eigenvalue weighted by Crippen LogP contribution is -2.29. The van der Waals surface area contributed by atoms with Crippen LogP contribution in [0.1, 0.15) is 36.3 Å². The number of rotatable bonds is 6. The van der Waals surface area contributed by atoms with E-state index in [0.717, 1.165) is 5.69 Å². The Bertz CT molecular complexity index is 477. The van der Waals surface area contributed by atoms with Crippen LogP contribution in [0.5, 0.6) is 0 Å². The summed E-state index contributed by atoms with van der Waals surface area (Å²) in [6.07, 6.45) is 0.716. The second-order valence-electron chi connectivity index (χ2n) is 4.44. The monoisotopic (exact) mass is 284 g/mol. The number of nitrogens with one attached hydrogen (secondary N) is 1. The quantitative estimate of drug-likeness (QED) is 0.785. The van der Waals surface area contributed by atoms with Crippen LogP contribution in [0.2, 0.25) is 5.15 Å². The van der Waals surface area contributed by atoms with Gasteiger partial charge >= 0.3 is 5.97 Å². The zero-order chi connectivity index (χ0) is 14.4. The molecule has 2 N–H and O–H groups in total. The number of hydrogen-bond acceptors (Lipinski definition) is 3. The van der Waals surface area contributed by atoms with Crippen molar-refractivity contribution in [3.05, 3.63) is 28.5 Å². The molecule has 1 aromatic heterocycles. The molecule has 1 rings (SSSR count). The van der Waals surface area contributed by atoms with Crippen LogP contribution >= 0.6 is 11.6 Å². The van der Waals surface area contributed by atoms with Crippen molar-refractivity contribution in [1.29, 1.82) is 0 Å². The summed E-state index contributed by atoms with van der Waals surface area (Å²) in [6, 6.07) is 3.18. The molecule has 19 heavy (non-hydrogen) atoms. The second-order valence-corrected chi connectivity index (χ2v) is 4.82. The number of nitrogens with zero attached hydrogens (tertiary/aromatic N) is 1. The molecule has 6 heteroatoms. The number of amides is 1. The Morgan fingerprint density at radius 3 is 2.74 bits per heavy atom. The first-order valence-corrected chi connectivity index (χ1v) is 6.46. The molecule has 0 aliphatic heterocycles. The Kier molecular flexibility index (Phi) is 5.76. The summed E-state index contributed by atoms with van der Waals surface area (Å²) in [5, 5.41) is 11.6. The second kappa shape index (κ2) is 7.09. The van der Waals surface area contributed by atoms with Crippen LogP contribution in [0, 0.1) is 5.92 Å². The molecule has 104 valence electrons. The van der Waals surface area contributed by atoms with E-state index in [1.807, 2.05) is 6.92 Å². The van der Waals surface area contributed by atoms with Crippen LogP contribution in [0.3, 0.4) is 0 Å². The summed E-state index contributed by atoms with van der Waals surface area (Å²) in [5.74, 6) is -1.26. The van der Waals surface area contributed by atoms with Crippen LogP contribution in [-0.2, 0) is 11.2 Å². The molecular formula is C13H17ClN2O3. The Morgan fingerprint density at radius 1 is 1.47 bits per heavy atom. The van der Waals surface area contributed by atoms with Crippen LogP contribution in [0.25, 0.3) is 0 Å². The zero-order valence-corrected chi connectivity index (χ0v) is 11.7. The summed E-state index contributed by atoms with van der Waals surface area (Å²) in [6.45, 7) is 4.01. The molecule has 0 spiro atoms. The van der Waals surface area contributed by atoms with Gasteiger partial charge in [-0.05, 0) is 24.5 Å². The number of halogens is 1. The van der Waals surface area contributed by atoms with Gasteiger partial charge in [0.1, 0.15) is 5.15 Å². The summed E-state index contributed by atoms with van der Waals surface area (Å²) in [4.78, 5) is 26.5. The maximum atomic E-state index is 11.9. The van der Waals surface area contributed by atoms with Crippen LogP contribution in [0.4, 0.5) is 0 Å². The topological polar surface area (TPSA) is 79.3 Å². The van der Waals surface area contributed by atoms with Crippen LogP contribution in [0.15, 0.2) is 12.1 Å². The third-order valence-corrected chi connectivity index (χ3v) is 2.80. The van der Waals surface area contributed by atoms with Crippen LogP contribution < -0.4 is 5.32 Å². The molecule has 0 saturated heterocycles. The lowest BCUT2D eigenvalue weighted by atomic mass is 10.1. The van der Waals surface area contributed by atoms with Gasteiger partial charge in [0.05, 0.1) is 0 Å². The van der Waals surface area contributed by atoms with E-state index in [2.05, 4.69) is 10.3 Å². The predicted octanol–water partition coefficient (Wildman–Crippen LogP) is 2.14. The predicted molar refractivity (Wildman–Crippen MR) is 72.4 cm³/mol. The van der Waals surface area contributed by atoms with Gasteiger partial charge in [0.2, 0.25) is 0 Å². The first kappa shape index (κ1) is 15.4. The number of carbonyl (C=O) groups excluding carboxylic acids is 1. The number of aliphatic carboxylic acids is 1. The molecule has 1 aromatic rings. The van der Waals surface area contributed by atoms with E-state index in [4.69, 9.17) is 16.7 Å². The van der Waals surface area contributed by atoms with E-state index in [1.54, 1.807) is 13.0 Å². The van der Waals surface area contributed by atoms with Crippen molar-refractivity contribution in [3.8, 4) is 0 Å². The van der Waals surface area contributed by atoms with Crippen molar-refractivity contribution < 1.29 is 14.7 Å². The summed E-state index contributed by atoms with van der Waals surface area (Å²) in [7, 11) is 0. The highest BCUT2D eigenvalue weighted by Crippen LogP contribution is 2.11. The van der Waals surface area contributed by atoms with E-state index in [-0.39, 0.29) is 23.4 Å². The molecule has 0 fully saturated rings. The third-order valence-electron chi connectivity index (χ3n) is 2.61. The maximum Gasteiger partial charge on any atom is 0.303 e. The smallest absolute Gasteiger partial charge is 0.303 e. The molecular weight excluding hydrogens is 268 g/mol. The third kappa shape index (κ3) is 5.26. The van der Waals surface area contributed by atoms with E-state index in [1.165, 1.54) is 6.07 Å². The first-order valence-electron chi connectivity index (χ1n) is 6.08. The van der Waals surface area contributed by atoms with Gasteiger partial charge in [0, 0.05) is 24.2 Å². The summed E-state index contributed by atoms with van der Waals surface area (Å²) < 4.78 is 0. The van der Waals surface area contributed by atoms with Crippen molar-refractivity contribution in [2.75, 3.05) is 6.54 Å². The fraction of sp³-hybridized carbons (Fsp3) is 0.462. The number of carboxylic acids is 1. The average Bonchev–Trinajstić information content (AvgIpc) is 2.34. The molecule has 0 aromatic carbocycles. The van der Waals surface area contributed by atoms with E-state index in [9.17, 15) is 9.59 Å². The Hall–Kier alpha value is -1.62. The normalized spacial score (nSPS) is 11.9. The van der Waals surface area contributed by atoms with E-state index >= 15 is 0 Å². The molecule has 1 heterocycles. The van der Waals surface area contributed by atoms with Gasteiger partial charge in [0.25, 0.3) is 5.91 Å². The minimum Gasteiger partial charge on any atom is -0.481 e. The van der Waals surface area contributed by atoms with Crippen LogP contribution in [-0.4, -0.2) is 28.5 Å². The summed E-state index contributed by atoms with van der Waals surface area (Å²) in [5.41, 5.74) is 1.19. The average molecular weight is 285 g/mol. The largest absolute Gasteiger partial charge is 0.481 e. The lowest BCUT2D eigenvalue weighted by Gasteiger charge is -2.11. The summed E-state index contributed by atoms with van der Waals surface area (Å²) >= 11 is 5.84. The lowest BCUT2D eigenvalue weighted by molar-refractivity contribution is -0.137. The van der Waals surface area contributed by atoms with E-state index < -0.39 is 5.97 Å². The standard InChI is InChI=1S/C13H17ClN2O3/c1-3-10-5-9(6-11(14)16-10)13(19)15-7-8(2)4-12(17)18/h5-6,8H,3-4,7H2,1-2H3,(H,15,19)(H,17,18). The van der Waals surface area contributed by atoms with Gasteiger partial charge in [-0.2, -0.15) is 0 Å². The minimum atomic E-state index is -0.873. The molecule has 0 aliphatic rings. The number of carbonyl (C=O) groups is 2. The Labute approximate surface area is 117 Å². The van der Waals surface area contributed by atoms with Crippen molar-refractivity contribution in [2.24, 2.45) is 5.92 Å². The highest BCUT2D eigenvalue weighted by Gasteiger charge is 2.12. The van der Waals surface area contributed by atoms with Gasteiger partial charge in [-0.25, -0.2) is 4.98 Å². The van der Waals surface area contributed by atoms with Gasteiger partial charge in [0.15, 0.2) is 0 Å². The molecule has 1 atom stereocenters. The fourth-order valence-electron chi connectivity index (χ4n) is 1.60. The van der Waals surface area contributed by atoms with Gasteiger partial charge in [-0.3, -0.25) is 9.59 Å². The molecule has 0 saturated carbocycles. The molecule has 0 bridgehead atoms. The Morgan fingerprint density at radius 2 is 2.16 bits per heavy atom. The molecule has 5 nitrogen and oxygen atoms in total. The van der Waals surface area contributed by atoms with Gasteiger partial charge < -0.3 is 10.4 Å². The molecule has 1 unspecified atom stereocenters. The highest BCUT2D eigenvalue weighted by atomic mass is 35.5.